The number of rotatable bonds is 4. The van der Waals surface area contributed by atoms with Crippen LogP contribution in [-0.4, -0.2) is 26.5 Å². The third-order valence-corrected chi connectivity index (χ3v) is 3.69. The molecule has 1 saturated carbocycles. The van der Waals surface area contributed by atoms with E-state index < -0.39 is 0 Å². The lowest BCUT2D eigenvalue weighted by molar-refractivity contribution is 0.695. The number of hydrogen-bond acceptors (Lipinski definition) is 5. The minimum Gasteiger partial charge on any atom is -0.370 e. The molecule has 1 aliphatic rings. The van der Waals surface area contributed by atoms with Crippen LogP contribution in [0.2, 0.25) is 0 Å². The second-order valence-corrected chi connectivity index (χ2v) is 5.11. The van der Waals surface area contributed by atoms with E-state index in [0.717, 1.165) is 23.8 Å². The molecule has 0 aliphatic heterocycles. The molecule has 2 aromatic heterocycles. The van der Waals surface area contributed by atoms with Crippen molar-refractivity contribution in [3.8, 4) is 11.5 Å². The van der Waals surface area contributed by atoms with Gasteiger partial charge in [-0.3, -0.25) is 0 Å². The molecule has 1 N–H and O–H groups in total. The highest BCUT2D eigenvalue weighted by atomic mass is 15.0. The first-order valence-corrected chi connectivity index (χ1v) is 7.26. The van der Waals surface area contributed by atoms with Crippen LogP contribution in [0.1, 0.15) is 44.2 Å². The normalized spacial score (nSPS) is 15.4. The largest absolute Gasteiger partial charge is 0.370 e. The van der Waals surface area contributed by atoms with Gasteiger partial charge in [-0.2, -0.15) is 0 Å². The van der Waals surface area contributed by atoms with Gasteiger partial charge in [0.1, 0.15) is 17.8 Å². The smallest absolute Gasteiger partial charge is 0.180 e. The van der Waals surface area contributed by atoms with Gasteiger partial charge in [0.25, 0.3) is 0 Å². The Kier molecular flexibility index (Phi) is 3.85. The van der Waals surface area contributed by atoms with Crippen LogP contribution in [0.3, 0.4) is 0 Å². The van der Waals surface area contributed by atoms with Crippen LogP contribution in [0.5, 0.6) is 0 Å². The Bertz CT molecular complexity index is 564. The van der Waals surface area contributed by atoms with Crippen molar-refractivity contribution in [1.82, 2.24) is 19.9 Å². The summed E-state index contributed by atoms with van der Waals surface area (Å²) in [5.41, 5.74) is 1.92. The number of anilines is 1. The second-order valence-electron chi connectivity index (χ2n) is 5.11. The standard InChI is InChI=1S/C15H19N5/c1-2-17-14-9-13(11-5-3-4-6-11)19-15(20-14)12-7-8-16-10-18-12/h7-11H,2-6H2,1H3,(H,17,19,20). The number of aromatic nitrogens is 4. The number of nitrogens with one attached hydrogen (secondary N) is 1. The van der Waals surface area contributed by atoms with E-state index in [9.17, 15) is 0 Å². The summed E-state index contributed by atoms with van der Waals surface area (Å²) in [7, 11) is 0. The lowest BCUT2D eigenvalue weighted by Gasteiger charge is -2.12. The zero-order valence-electron chi connectivity index (χ0n) is 11.7. The topological polar surface area (TPSA) is 63.6 Å². The Labute approximate surface area is 118 Å². The number of nitrogens with zero attached hydrogens (tertiary/aromatic N) is 4. The van der Waals surface area contributed by atoms with Crippen LogP contribution < -0.4 is 5.32 Å². The van der Waals surface area contributed by atoms with Gasteiger partial charge in [0.2, 0.25) is 0 Å². The molecule has 5 heteroatoms. The van der Waals surface area contributed by atoms with Crippen molar-refractivity contribution >= 4 is 5.82 Å². The Morgan fingerprint density at radius 3 is 2.80 bits per heavy atom. The second kappa shape index (κ2) is 5.94. The monoisotopic (exact) mass is 269 g/mol. The summed E-state index contributed by atoms with van der Waals surface area (Å²) in [6, 6.07) is 3.94. The molecule has 0 bridgehead atoms. The fourth-order valence-electron chi connectivity index (χ4n) is 2.71. The van der Waals surface area contributed by atoms with Gasteiger partial charge in [-0.25, -0.2) is 19.9 Å². The van der Waals surface area contributed by atoms with Gasteiger partial charge >= 0.3 is 0 Å². The Morgan fingerprint density at radius 2 is 2.10 bits per heavy atom. The highest BCUT2D eigenvalue weighted by Gasteiger charge is 2.20. The van der Waals surface area contributed by atoms with Crippen molar-refractivity contribution in [2.75, 3.05) is 11.9 Å². The first-order valence-electron chi connectivity index (χ1n) is 7.26. The van der Waals surface area contributed by atoms with Crippen LogP contribution in [0.25, 0.3) is 11.5 Å². The molecule has 104 valence electrons. The molecule has 0 saturated heterocycles. The first-order chi connectivity index (χ1) is 9.86. The zero-order chi connectivity index (χ0) is 13.8. The average molecular weight is 269 g/mol. The van der Waals surface area contributed by atoms with E-state index in [4.69, 9.17) is 4.98 Å². The number of hydrogen-bond donors (Lipinski definition) is 1. The molecular formula is C15H19N5. The summed E-state index contributed by atoms with van der Waals surface area (Å²) < 4.78 is 0. The maximum absolute atomic E-state index is 4.73. The maximum Gasteiger partial charge on any atom is 0.180 e. The van der Waals surface area contributed by atoms with Crippen LogP contribution in [0.15, 0.2) is 24.7 Å². The van der Waals surface area contributed by atoms with E-state index in [1.165, 1.54) is 32.0 Å². The third-order valence-electron chi connectivity index (χ3n) is 3.69. The Balaban J connectivity index is 2.00. The third kappa shape index (κ3) is 2.76. The van der Waals surface area contributed by atoms with Gasteiger partial charge in [-0.1, -0.05) is 12.8 Å². The van der Waals surface area contributed by atoms with E-state index in [-0.39, 0.29) is 0 Å². The molecule has 20 heavy (non-hydrogen) atoms. The van der Waals surface area contributed by atoms with E-state index in [2.05, 4.69) is 33.3 Å². The van der Waals surface area contributed by atoms with Crippen molar-refractivity contribution in [3.63, 3.8) is 0 Å². The molecule has 5 nitrogen and oxygen atoms in total. The molecule has 1 fully saturated rings. The minimum absolute atomic E-state index is 0.566. The van der Waals surface area contributed by atoms with Crippen molar-refractivity contribution < 1.29 is 0 Å². The SMILES string of the molecule is CCNc1cc(C2CCCC2)nc(-c2ccncn2)n1. The predicted octanol–water partition coefficient (Wildman–Crippen LogP) is 3.02. The zero-order valence-corrected chi connectivity index (χ0v) is 11.7. The highest BCUT2D eigenvalue weighted by Crippen LogP contribution is 2.34. The van der Waals surface area contributed by atoms with Gasteiger partial charge in [0.05, 0.1) is 0 Å². The van der Waals surface area contributed by atoms with Crippen LogP contribution >= 0.6 is 0 Å². The first kappa shape index (κ1) is 13.0. The van der Waals surface area contributed by atoms with Crippen molar-refractivity contribution in [3.05, 3.63) is 30.4 Å². The van der Waals surface area contributed by atoms with Crippen LogP contribution in [0.4, 0.5) is 5.82 Å². The fraction of sp³-hybridized carbons (Fsp3) is 0.467. The van der Waals surface area contributed by atoms with Crippen molar-refractivity contribution in [2.24, 2.45) is 0 Å². The quantitative estimate of drug-likeness (QED) is 0.924. The molecule has 2 heterocycles. The summed E-state index contributed by atoms with van der Waals surface area (Å²) >= 11 is 0. The van der Waals surface area contributed by atoms with E-state index >= 15 is 0 Å². The summed E-state index contributed by atoms with van der Waals surface area (Å²) in [5.74, 6) is 2.14. The molecule has 0 amide bonds. The molecule has 3 rings (SSSR count). The van der Waals surface area contributed by atoms with Gasteiger partial charge in [-0.15, -0.1) is 0 Å². The molecule has 0 atom stereocenters. The maximum atomic E-state index is 4.73. The average Bonchev–Trinajstić information content (AvgIpc) is 3.02. The van der Waals surface area contributed by atoms with Crippen molar-refractivity contribution in [2.45, 2.75) is 38.5 Å². The van der Waals surface area contributed by atoms with Crippen LogP contribution in [0, 0.1) is 0 Å². The van der Waals surface area contributed by atoms with E-state index in [1.807, 2.05) is 6.07 Å². The molecule has 0 spiro atoms. The fourth-order valence-corrected chi connectivity index (χ4v) is 2.71. The lowest BCUT2D eigenvalue weighted by atomic mass is 10.0. The summed E-state index contributed by atoms with van der Waals surface area (Å²) in [6.45, 7) is 2.92. The van der Waals surface area contributed by atoms with Gasteiger partial charge in [-0.05, 0) is 25.8 Å². The molecular weight excluding hydrogens is 250 g/mol. The van der Waals surface area contributed by atoms with E-state index in [1.54, 1.807) is 6.20 Å². The summed E-state index contributed by atoms with van der Waals surface area (Å²) in [6.07, 6.45) is 8.31. The predicted molar refractivity (Wildman–Crippen MR) is 78.4 cm³/mol. The van der Waals surface area contributed by atoms with Gasteiger partial charge in [0, 0.05) is 30.4 Å². The molecule has 0 radical (unpaired) electrons. The van der Waals surface area contributed by atoms with Crippen LogP contribution in [-0.2, 0) is 0 Å². The summed E-state index contributed by atoms with van der Waals surface area (Å²) in [4.78, 5) is 17.5. The highest BCUT2D eigenvalue weighted by molar-refractivity contribution is 5.52. The Morgan fingerprint density at radius 1 is 1.25 bits per heavy atom. The molecule has 0 unspecified atom stereocenters. The van der Waals surface area contributed by atoms with Gasteiger partial charge < -0.3 is 5.32 Å². The summed E-state index contributed by atoms with van der Waals surface area (Å²) in [5, 5.41) is 3.29. The molecule has 2 aromatic rings. The molecule has 1 aliphatic carbocycles. The molecule has 0 aromatic carbocycles. The van der Waals surface area contributed by atoms with Crippen molar-refractivity contribution in [1.29, 1.82) is 0 Å². The van der Waals surface area contributed by atoms with E-state index in [0.29, 0.717) is 11.7 Å². The Hall–Kier alpha value is -2.04. The lowest BCUT2D eigenvalue weighted by Crippen LogP contribution is -2.06. The van der Waals surface area contributed by atoms with Gasteiger partial charge in [0.15, 0.2) is 5.82 Å². The minimum atomic E-state index is 0.566.